The summed E-state index contributed by atoms with van der Waals surface area (Å²) in [5.74, 6) is -2.96. The number of methoxy groups -OCH3 is 1. The number of ether oxygens (including phenoxy) is 2. The fourth-order valence-electron chi connectivity index (χ4n) is 5.09. The van der Waals surface area contributed by atoms with E-state index in [0.29, 0.717) is 22.3 Å². The third kappa shape index (κ3) is 5.02. The fraction of sp³-hybridized carbons (Fsp3) is 0.267. The van der Waals surface area contributed by atoms with Crippen LogP contribution in [0.5, 0.6) is 11.5 Å². The van der Waals surface area contributed by atoms with E-state index >= 15 is 8.78 Å². The fourth-order valence-corrected chi connectivity index (χ4v) is 5.09. The normalized spacial score (nSPS) is 14.7. The smallest absolute Gasteiger partial charge is 0.240 e. The number of halogens is 3. The van der Waals surface area contributed by atoms with Gasteiger partial charge in [-0.25, -0.2) is 17.7 Å². The van der Waals surface area contributed by atoms with Gasteiger partial charge in [0.1, 0.15) is 11.6 Å². The first-order chi connectivity index (χ1) is 18.9. The van der Waals surface area contributed by atoms with Gasteiger partial charge in [-0.2, -0.15) is 4.98 Å². The first-order valence-electron chi connectivity index (χ1n) is 12.5. The second-order valence-corrected chi connectivity index (χ2v) is 9.70. The molecule has 0 aliphatic rings. The zero-order valence-corrected chi connectivity index (χ0v) is 22.7. The number of benzene rings is 2. The molecule has 2 aromatic carbocycles. The Morgan fingerprint density at radius 2 is 1.88 bits per heavy atom. The standard InChI is InChI=1S/C30H31F3N4O3/c1-6-12-30(18(2)3,29(4,38)20-7-9-21(31)10-8-20)13-15-40-27-22(32)17-23(39-5)25(26(27)33)19-11-14-37-24(16-19)35-28(34)36-37/h6-12,14,16-17,38H,2,13,15H2,1,3-5H3,(H2,34,36)/b12-6+. The van der Waals surface area contributed by atoms with Crippen LogP contribution in [0.25, 0.3) is 16.8 Å². The molecule has 0 aliphatic heterocycles. The number of allylic oxidation sites excluding steroid dienone is 1. The van der Waals surface area contributed by atoms with Gasteiger partial charge in [0.2, 0.25) is 5.95 Å². The predicted octanol–water partition coefficient (Wildman–Crippen LogP) is 6.22. The number of hydrogen-bond acceptors (Lipinski definition) is 6. The first kappa shape index (κ1) is 28.7. The van der Waals surface area contributed by atoms with Gasteiger partial charge in [-0.1, -0.05) is 36.4 Å². The molecule has 0 bridgehead atoms. The number of rotatable bonds is 10. The molecule has 3 N–H and O–H groups in total. The monoisotopic (exact) mass is 552 g/mol. The minimum Gasteiger partial charge on any atom is -0.496 e. The molecule has 4 aromatic rings. The summed E-state index contributed by atoms with van der Waals surface area (Å²) in [6.45, 7) is 9.03. The predicted molar refractivity (Wildman–Crippen MR) is 147 cm³/mol. The van der Waals surface area contributed by atoms with E-state index in [-0.39, 0.29) is 30.3 Å². The maximum atomic E-state index is 15.9. The van der Waals surface area contributed by atoms with Gasteiger partial charge in [0.05, 0.1) is 24.9 Å². The van der Waals surface area contributed by atoms with Crippen LogP contribution >= 0.6 is 0 Å². The van der Waals surface area contributed by atoms with Crippen LogP contribution < -0.4 is 15.2 Å². The summed E-state index contributed by atoms with van der Waals surface area (Å²) < 4.78 is 57.0. The lowest BCUT2D eigenvalue weighted by Crippen LogP contribution is -2.44. The molecule has 2 aromatic heterocycles. The van der Waals surface area contributed by atoms with E-state index < -0.39 is 34.2 Å². The van der Waals surface area contributed by atoms with E-state index in [4.69, 9.17) is 15.2 Å². The number of fused-ring (bicyclic) bond motifs is 1. The van der Waals surface area contributed by atoms with Crippen molar-refractivity contribution in [3.05, 3.63) is 96.0 Å². The summed E-state index contributed by atoms with van der Waals surface area (Å²) in [5, 5.41) is 15.8. The molecular formula is C30H31F3N4O3. The van der Waals surface area contributed by atoms with Crippen LogP contribution in [-0.2, 0) is 5.60 Å². The Morgan fingerprint density at radius 3 is 2.50 bits per heavy atom. The molecule has 0 fully saturated rings. The van der Waals surface area contributed by atoms with Crippen molar-refractivity contribution in [2.75, 3.05) is 19.5 Å². The second-order valence-electron chi connectivity index (χ2n) is 9.70. The Balaban J connectivity index is 1.71. The van der Waals surface area contributed by atoms with Crippen molar-refractivity contribution in [3.63, 3.8) is 0 Å². The van der Waals surface area contributed by atoms with Crippen molar-refractivity contribution >= 4 is 11.6 Å². The van der Waals surface area contributed by atoms with E-state index in [2.05, 4.69) is 16.7 Å². The number of aliphatic hydroxyl groups is 1. The summed E-state index contributed by atoms with van der Waals surface area (Å²) in [6.07, 6.45) is 5.18. The summed E-state index contributed by atoms with van der Waals surface area (Å²) in [5.41, 5.74) is 4.71. The number of anilines is 1. The van der Waals surface area contributed by atoms with Gasteiger partial charge in [0.25, 0.3) is 0 Å². The number of hydrogen-bond donors (Lipinski definition) is 2. The second kappa shape index (κ2) is 11.1. The van der Waals surface area contributed by atoms with Crippen molar-refractivity contribution in [2.24, 2.45) is 5.41 Å². The largest absolute Gasteiger partial charge is 0.496 e. The first-order valence-corrected chi connectivity index (χ1v) is 12.5. The SMILES string of the molecule is C=C(C)C(/C=C/C)(CCOc1c(F)cc(OC)c(-c2ccn3nc(N)nc3c2)c1F)C(C)(O)c1ccc(F)cc1. The number of nitrogens with two attached hydrogens (primary N) is 1. The molecule has 0 saturated carbocycles. The summed E-state index contributed by atoms with van der Waals surface area (Å²) in [7, 11) is 1.31. The number of nitrogens with zero attached hydrogens (tertiary/aromatic N) is 3. The highest BCUT2D eigenvalue weighted by atomic mass is 19.1. The molecular weight excluding hydrogens is 521 g/mol. The number of aromatic nitrogens is 3. The minimum absolute atomic E-state index is 0.0269. The van der Waals surface area contributed by atoms with Gasteiger partial charge >= 0.3 is 0 Å². The van der Waals surface area contributed by atoms with E-state index in [1.165, 1.54) is 35.9 Å². The average Bonchev–Trinajstić information content (AvgIpc) is 3.28. The Kier molecular flexibility index (Phi) is 7.93. The lowest BCUT2D eigenvalue weighted by molar-refractivity contribution is -0.0397. The molecule has 0 spiro atoms. The third-order valence-corrected chi connectivity index (χ3v) is 7.23. The van der Waals surface area contributed by atoms with Gasteiger partial charge in [-0.3, -0.25) is 0 Å². The van der Waals surface area contributed by atoms with Gasteiger partial charge in [-0.05, 0) is 62.6 Å². The highest BCUT2D eigenvalue weighted by molar-refractivity contribution is 5.75. The highest BCUT2D eigenvalue weighted by Crippen LogP contribution is 2.49. The van der Waals surface area contributed by atoms with Crippen molar-refractivity contribution in [1.29, 1.82) is 0 Å². The van der Waals surface area contributed by atoms with Crippen LogP contribution in [0.2, 0.25) is 0 Å². The molecule has 2 atom stereocenters. The Bertz CT molecular complexity index is 1580. The number of pyridine rings is 1. The molecule has 0 aliphatic carbocycles. The third-order valence-electron chi connectivity index (χ3n) is 7.23. The Labute approximate surface area is 230 Å². The molecule has 210 valence electrons. The van der Waals surface area contributed by atoms with Crippen LogP contribution in [0.3, 0.4) is 0 Å². The Morgan fingerprint density at radius 1 is 1.18 bits per heavy atom. The van der Waals surface area contributed by atoms with Crippen LogP contribution in [0.1, 0.15) is 32.8 Å². The molecule has 7 nitrogen and oxygen atoms in total. The lowest BCUT2D eigenvalue weighted by Gasteiger charge is -2.45. The van der Waals surface area contributed by atoms with Gasteiger partial charge in [0, 0.05) is 17.7 Å². The van der Waals surface area contributed by atoms with Gasteiger partial charge < -0.3 is 20.3 Å². The van der Waals surface area contributed by atoms with E-state index in [1.807, 2.05) is 0 Å². The molecule has 0 saturated heterocycles. The van der Waals surface area contributed by atoms with E-state index in [0.717, 1.165) is 6.07 Å². The molecule has 0 amide bonds. The molecule has 40 heavy (non-hydrogen) atoms. The van der Waals surface area contributed by atoms with Crippen LogP contribution in [0.15, 0.2) is 73.0 Å². The van der Waals surface area contributed by atoms with E-state index in [9.17, 15) is 9.50 Å². The average molecular weight is 553 g/mol. The van der Waals surface area contributed by atoms with Crippen molar-refractivity contribution in [1.82, 2.24) is 14.6 Å². The molecule has 2 unspecified atom stereocenters. The molecule has 0 radical (unpaired) electrons. The Hall–Kier alpha value is -4.31. The van der Waals surface area contributed by atoms with Crippen molar-refractivity contribution in [2.45, 2.75) is 32.8 Å². The zero-order chi connectivity index (χ0) is 29.2. The number of nitrogen functional groups attached to an aromatic ring is 1. The highest BCUT2D eigenvalue weighted by Gasteiger charge is 2.47. The maximum Gasteiger partial charge on any atom is 0.240 e. The summed E-state index contributed by atoms with van der Waals surface area (Å²) >= 11 is 0. The lowest BCUT2D eigenvalue weighted by atomic mass is 9.63. The minimum atomic E-state index is -1.56. The summed E-state index contributed by atoms with van der Waals surface area (Å²) in [4.78, 5) is 4.09. The maximum absolute atomic E-state index is 15.9. The van der Waals surface area contributed by atoms with Gasteiger partial charge in [0.15, 0.2) is 23.0 Å². The summed E-state index contributed by atoms with van der Waals surface area (Å²) in [6, 6.07) is 9.66. The van der Waals surface area contributed by atoms with E-state index in [1.54, 1.807) is 51.3 Å². The van der Waals surface area contributed by atoms with Crippen molar-refractivity contribution < 1.29 is 27.8 Å². The molecule has 10 heteroatoms. The zero-order valence-electron chi connectivity index (χ0n) is 22.7. The molecule has 2 heterocycles. The van der Waals surface area contributed by atoms with Gasteiger partial charge in [-0.15, -0.1) is 5.10 Å². The van der Waals surface area contributed by atoms with Crippen LogP contribution in [0, 0.1) is 22.9 Å². The topological polar surface area (TPSA) is 94.9 Å². The molecule has 4 rings (SSSR count). The van der Waals surface area contributed by atoms with Crippen molar-refractivity contribution in [3.8, 4) is 22.6 Å². The van der Waals surface area contributed by atoms with Crippen LogP contribution in [0.4, 0.5) is 19.1 Å². The quantitative estimate of drug-likeness (QED) is 0.227. The van der Waals surface area contributed by atoms with Crippen LogP contribution in [-0.4, -0.2) is 33.4 Å².